The zero-order chi connectivity index (χ0) is 29.6. The molecule has 0 atom stereocenters. The van der Waals surface area contributed by atoms with Gasteiger partial charge >= 0.3 is 0 Å². The molecule has 5 aromatic carbocycles. The Labute approximate surface area is 254 Å². The molecular formula is C40H35N3. The van der Waals surface area contributed by atoms with Crippen LogP contribution in [-0.2, 0) is 10.8 Å². The van der Waals surface area contributed by atoms with Crippen molar-refractivity contribution in [3.8, 4) is 56.4 Å². The van der Waals surface area contributed by atoms with E-state index in [2.05, 4.69) is 137 Å². The van der Waals surface area contributed by atoms with Crippen LogP contribution in [0.2, 0.25) is 0 Å². The Hall–Kier alpha value is -4.89. The summed E-state index contributed by atoms with van der Waals surface area (Å²) >= 11 is 0. The molecule has 0 saturated carbocycles. The lowest BCUT2D eigenvalue weighted by molar-refractivity contribution is 0.403. The largest absolute Gasteiger partial charge is 0.208 e. The summed E-state index contributed by atoms with van der Waals surface area (Å²) in [7, 11) is 0. The minimum atomic E-state index is 0.0849. The monoisotopic (exact) mass is 557 g/mol. The number of benzene rings is 5. The lowest BCUT2D eigenvalue weighted by atomic mass is 9.82. The van der Waals surface area contributed by atoms with E-state index in [1.54, 1.807) is 0 Å². The smallest absolute Gasteiger partial charge is 0.164 e. The Balaban J connectivity index is 1.44. The van der Waals surface area contributed by atoms with Crippen molar-refractivity contribution in [2.75, 3.05) is 0 Å². The summed E-state index contributed by atoms with van der Waals surface area (Å²) in [6.45, 7) is 9.38. The van der Waals surface area contributed by atoms with Gasteiger partial charge in [-0.25, -0.2) is 15.0 Å². The fraction of sp³-hybridized carbons (Fsp3) is 0.175. The molecule has 3 heteroatoms. The molecule has 3 nitrogen and oxygen atoms in total. The van der Waals surface area contributed by atoms with Crippen molar-refractivity contribution in [3.05, 3.63) is 139 Å². The second-order valence-corrected chi connectivity index (χ2v) is 12.9. The maximum Gasteiger partial charge on any atom is 0.164 e. The van der Waals surface area contributed by atoms with Gasteiger partial charge in [0.1, 0.15) is 0 Å². The summed E-state index contributed by atoms with van der Waals surface area (Å²) in [6.07, 6.45) is 1.12. The molecule has 0 radical (unpaired) electrons. The predicted molar refractivity (Wildman–Crippen MR) is 178 cm³/mol. The SMILES string of the molecule is CC1(C)CC(C)(C)c2cc(-c3nc(-c4ccccc4)nc(-c4cc(-c5ccccc5)cc(-c5ccccc5)c4)n3)ccc21. The first-order valence-electron chi connectivity index (χ1n) is 15.0. The number of nitrogens with zero attached hydrogens (tertiary/aromatic N) is 3. The fourth-order valence-corrected chi connectivity index (χ4v) is 6.83. The third-order valence-corrected chi connectivity index (χ3v) is 8.69. The van der Waals surface area contributed by atoms with E-state index >= 15 is 0 Å². The van der Waals surface area contributed by atoms with Crippen LogP contribution in [-0.4, -0.2) is 15.0 Å². The summed E-state index contributed by atoms with van der Waals surface area (Å²) in [5, 5.41) is 0. The number of fused-ring (bicyclic) bond motifs is 1. The van der Waals surface area contributed by atoms with Crippen molar-refractivity contribution in [1.29, 1.82) is 0 Å². The van der Waals surface area contributed by atoms with Crippen LogP contribution in [0.3, 0.4) is 0 Å². The first kappa shape index (κ1) is 27.0. The average molecular weight is 558 g/mol. The summed E-state index contributed by atoms with van der Waals surface area (Å²) in [6, 6.07) is 44.6. The van der Waals surface area contributed by atoms with Crippen LogP contribution in [0.5, 0.6) is 0 Å². The van der Waals surface area contributed by atoms with Crippen LogP contribution in [0.4, 0.5) is 0 Å². The van der Waals surface area contributed by atoms with Gasteiger partial charge in [0.2, 0.25) is 0 Å². The lowest BCUT2D eigenvalue weighted by Crippen LogP contribution is -2.17. The number of hydrogen-bond acceptors (Lipinski definition) is 3. The molecule has 1 heterocycles. The molecule has 1 aliphatic carbocycles. The first-order chi connectivity index (χ1) is 20.8. The third kappa shape index (κ3) is 5.17. The van der Waals surface area contributed by atoms with Gasteiger partial charge in [-0.1, -0.05) is 131 Å². The highest BCUT2D eigenvalue weighted by Crippen LogP contribution is 2.50. The molecule has 0 amide bonds. The van der Waals surface area contributed by atoms with E-state index in [9.17, 15) is 0 Å². The molecular weight excluding hydrogens is 522 g/mol. The average Bonchev–Trinajstić information content (AvgIpc) is 3.24. The summed E-state index contributed by atoms with van der Waals surface area (Å²) in [4.78, 5) is 15.3. The Kier molecular flexibility index (Phi) is 6.54. The molecule has 0 unspecified atom stereocenters. The van der Waals surface area contributed by atoms with Crippen LogP contribution in [0.1, 0.15) is 45.2 Å². The van der Waals surface area contributed by atoms with Gasteiger partial charge in [-0.2, -0.15) is 0 Å². The summed E-state index contributed by atoms with van der Waals surface area (Å²) in [5.74, 6) is 2.03. The van der Waals surface area contributed by atoms with Crippen molar-refractivity contribution < 1.29 is 0 Å². The molecule has 7 rings (SSSR count). The molecule has 1 aliphatic rings. The molecule has 0 spiro atoms. The Morgan fingerprint density at radius 2 is 0.791 bits per heavy atom. The van der Waals surface area contributed by atoms with Gasteiger partial charge in [-0.15, -0.1) is 0 Å². The normalized spacial score (nSPS) is 14.8. The van der Waals surface area contributed by atoms with Crippen LogP contribution < -0.4 is 0 Å². The number of hydrogen-bond donors (Lipinski definition) is 0. The molecule has 0 fully saturated rings. The molecule has 210 valence electrons. The zero-order valence-electron chi connectivity index (χ0n) is 25.2. The second kappa shape index (κ2) is 10.4. The van der Waals surface area contributed by atoms with E-state index in [0.717, 1.165) is 45.4 Å². The van der Waals surface area contributed by atoms with E-state index in [-0.39, 0.29) is 10.8 Å². The van der Waals surface area contributed by atoms with Crippen LogP contribution in [0.15, 0.2) is 127 Å². The molecule has 0 N–H and O–H groups in total. The Morgan fingerprint density at radius 1 is 0.372 bits per heavy atom. The van der Waals surface area contributed by atoms with Gasteiger partial charge in [0.25, 0.3) is 0 Å². The van der Waals surface area contributed by atoms with Crippen molar-refractivity contribution >= 4 is 0 Å². The quantitative estimate of drug-likeness (QED) is 0.212. The van der Waals surface area contributed by atoms with Gasteiger partial charge in [0.15, 0.2) is 17.5 Å². The highest BCUT2D eigenvalue weighted by atomic mass is 15.0. The van der Waals surface area contributed by atoms with Gasteiger partial charge in [-0.3, -0.25) is 0 Å². The lowest BCUT2D eigenvalue weighted by Gasteiger charge is -2.22. The number of rotatable bonds is 5. The van der Waals surface area contributed by atoms with Crippen molar-refractivity contribution in [3.63, 3.8) is 0 Å². The predicted octanol–water partition coefficient (Wildman–Crippen LogP) is 10.2. The maximum absolute atomic E-state index is 5.16. The van der Waals surface area contributed by atoms with Crippen molar-refractivity contribution in [2.24, 2.45) is 0 Å². The minimum Gasteiger partial charge on any atom is -0.208 e. The zero-order valence-corrected chi connectivity index (χ0v) is 25.2. The molecule has 1 aromatic heterocycles. The van der Waals surface area contributed by atoms with Gasteiger partial charge in [-0.05, 0) is 74.9 Å². The first-order valence-corrected chi connectivity index (χ1v) is 15.0. The second-order valence-electron chi connectivity index (χ2n) is 12.9. The highest BCUT2D eigenvalue weighted by Gasteiger charge is 2.41. The van der Waals surface area contributed by atoms with Gasteiger partial charge in [0, 0.05) is 16.7 Å². The molecule has 0 aliphatic heterocycles. The third-order valence-electron chi connectivity index (χ3n) is 8.69. The van der Waals surface area contributed by atoms with E-state index in [1.807, 2.05) is 18.2 Å². The van der Waals surface area contributed by atoms with Gasteiger partial charge < -0.3 is 0 Å². The van der Waals surface area contributed by atoms with Gasteiger partial charge in [0.05, 0.1) is 0 Å². The Morgan fingerprint density at radius 3 is 1.33 bits per heavy atom. The van der Waals surface area contributed by atoms with E-state index in [4.69, 9.17) is 15.0 Å². The topological polar surface area (TPSA) is 38.7 Å². The molecule has 43 heavy (non-hydrogen) atoms. The maximum atomic E-state index is 5.16. The molecule has 0 bridgehead atoms. The van der Waals surface area contributed by atoms with Crippen molar-refractivity contribution in [2.45, 2.75) is 44.9 Å². The standard InChI is InChI=1S/C40H35N3/c1-39(2)26-40(3,4)35-25-30(20-21-34(35)39)37-41-36(29-18-12-7-13-19-29)42-38(43-37)33-23-31(27-14-8-5-9-15-27)22-32(24-33)28-16-10-6-11-17-28/h5-25H,26H2,1-4H3. The van der Waals surface area contributed by atoms with Crippen LogP contribution in [0, 0.1) is 0 Å². The molecule has 6 aromatic rings. The minimum absolute atomic E-state index is 0.0849. The van der Waals surface area contributed by atoms with E-state index in [1.165, 1.54) is 11.1 Å². The summed E-state index contributed by atoms with van der Waals surface area (Å²) < 4.78 is 0. The Bertz CT molecular complexity index is 1870. The number of aromatic nitrogens is 3. The van der Waals surface area contributed by atoms with E-state index in [0.29, 0.717) is 17.5 Å². The highest BCUT2D eigenvalue weighted by molar-refractivity contribution is 5.80. The van der Waals surface area contributed by atoms with Crippen LogP contribution >= 0.6 is 0 Å². The summed E-state index contributed by atoms with van der Waals surface area (Å²) in [5.41, 5.74) is 10.5. The fourth-order valence-electron chi connectivity index (χ4n) is 6.83. The van der Waals surface area contributed by atoms with Crippen LogP contribution in [0.25, 0.3) is 56.4 Å². The van der Waals surface area contributed by atoms with E-state index < -0.39 is 0 Å². The van der Waals surface area contributed by atoms with Crippen molar-refractivity contribution in [1.82, 2.24) is 15.0 Å². The molecule has 0 saturated heterocycles.